The van der Waals surface area contributed by atoms with Crippen molar-refractivity contribution in [3.8, 4) is 0 Å². The lowest BCUT2D eigenvalue weighted by atomic mass is 10.2. The molecule has 0 rings (SSSR count). The average molecular weight is 125 g/mol. The normalized spacial score (nSPS) is 10.3. The van der Waals surface area contributed by atoms with Gasteiger partial charge in [0.25, 0.3) is 0 Å². The molecule has 0 N–H and O–H groups in total. The molecule has 1 heteroatoms. The Labute approximate surface area is 56.8 Å². The summed E-state index contributed by atoms with van der Waals surface area (Å²) in [6.07, 6.45) is 9.69. The van der Waals surface area contributed by atoms with E-state index in [2.05, 4.69) is 13.0 Å². The van der Waals surface area contributed by atoms with Crippen LogP contribution < -0.4 is 0 Å². The first-order valence-electron chi connectivity index (χ1n) is 3.41. The second-order valence-electron chi connectivity index (χ2n) is 1.94. The first-order valence-corrected chi connectivity index (χ1v) is 3.41. The lowest BCUT2D eigenvalue weighted by Crippen LogP contribution is -1.70. The second kappa shape index (κ2) is 7.41. The molecular formula is C8H13O. The summed E-state index contributed by atoms with van der Waals surface area (Å²) in [4.78, 5) is 9.68. The van der Waals surface area contributed by atoms with Gasteiger partial charge in [0, 0.05) is 6.42 Å². The highest BCUT2D eigenvalue weighted by atomic mass is 16.1. The predicted molar refractivity (Wildman–Crippen MR) is 39.0 cm³/mol. The molecule has 51 valence electrons. The summed E-state index contributed by atoms with van der Waals surface area (Å²) < 4.78 is 0. The summed E-state index contributed by atoms with van der Waals surface area (Å²) >= 11 is 0. The van der Waals surface area contributed by atoms with E-state index in [0.717, 1.165) is 12.8 Å². The number of allylic oxidation sites excluding steroid dienone is 2. The number of hydrogen-bond acceptors (Lipinski definition) is 1. The highest BCUT2D eigenvalue weighted by Crippen LogP contribution is 1.92. The van der Waals surface area contributed by atoms with E-state index in [1.807, 2.05) is 12.4 Å². The van der Waals surface area contributed by atoms with Gasteiger partial charge in [-0.25, -0.2) is 0 Å². The fourth-order valence-corrected chi connectivity index (χ4v) is 0.545. The molecule has 0 unspecified atom stereocenters. The average Bonchev–Trinajstić information content (AvgIpc) is 1.89. The molecular weight excluding hydrogens is 112 g/mol. The van der Waals surface area contributed by atoms with Crippen LogP contribution >= 0.6 is 0 Å². The van der Waals surface area contributed by atoms with Crippen molar-refractivity contribution in [2.75, 3.05) is 0 Å². The van der Waals surface area contributed by atoms with Crippen molar-refractivity contribution in [2.24, 2.45) is 0 Å². The van der Waals surface area contributed by atoms with Crippen LogP contribution in [0.4, 0.5) is 0 Å². The molecule has 1 nitrogen and oxygen atoms in total. The van der Waals surface area contributed by atoms with Gasteiger partial charge in [-0.1, -0.05) is 25.5 Å². The Kier molecular flexibility index (Phi) is 6.92. The minimum absolute atomic E-state index is 0.542. The third kappa shape index (κ3) is 7.41. The Morgan fingerprint density at radius 1 is 1.33 bits per heavy atom. The van der Waals surface area contributed by atoms with Crippen LogP contribution in [-0.2, 0) is 4.79 Å². The molecule has 0 fully saturated rings. The fraction of sp³-hybridized carbons (Fsp3) is 0.625. The molecule has 9 heavy (non-hydrogen) atoms. The largest absolute Gasteiger partial charge is 0.291 e. The second-order valence-corrected chi connectivity index (χ2v) is 1.94. The van der Waals surface area contributed by atoms with E-state index in [1.54, 1.807) is 0 Å². The molecule has 1 radical (unpaired) electrons. The van der Waals surface area contributed by atoms with E-state index in [-0.39, 0.29) is 0 Å². The Morgan fingerprint density at radius 3 is 2.56 bits per heavy atom. The zero-order chi connectivity index (χ0) is 6.95. The van der Waals surface area contributed by atoms with E-state index < -0.39 is 0 Å². The van der Waals surface area contributed by atoms with Crippen LogP contribution in [-0.4, -0.2) is 6.29 Å². The minimum Gasteiger partial charge on any atom is -0.291 e. The zero-order valence-electron chi connectivity index (χ0n) is 5.89. The predicted octanol–water partition coefficient (Wildman–Crippen LogP) is 2.23. The molecule has 0 bridgehead atoms. The van der Waals surface area contributed by atoms with Gasteiger partial charge in [-0.2, -0.15) is 0 Å². The molecule has 0 atom stereocenters. The topological polar surface area (TPSA) is 17.1 Å². The summed E-state index contributed by atoms with van der Waals surface area (Å²) in [6, 6.07) is 0. The molecule has 0 aromatic carbocycles. The number of rotatable bonds is 5. The van der Waals surface area contributed by atoms with Gasteiger partial charge in [-0.15, -0.1) is 0 Å². The highest BCUT2D eigenvalue weighted by molar-refractivity contribution is 5.50. The molecule has 0 heterocycles. The number of hydrogen-bond donors (Lipinski definition) is 0. The van der Waals surface area contributed by atoms with E-state index in [0.29, 0.717) is 6.42 Å². The third-order valence-corrected chi connectivity index (χ3v) is 1.04. The van der Waals surface area contributed by atoms with Crippen LogP contribution in [0.1, 0.15) is 32.6 Å². The maximum atomic E-state index is 9.68. The van der Waals surface area contributed by atoms with Crippen LogP contribution in [0.3, 0.4) is 0 Å². The van der Waals surface area contributed by atoms with Crippen LogP contribution in [0.25, 0.3) is 0 Å². The van der Waals surface area contributed by atoms with Crippen molar-refractivity contribution >= 4 is 6.29 Å². The molecule has 0 saturated carbocycles. The minimum atomic E-state index is 0.542. The van der Waals surface area contributed by atoms with Gasteiger partial charge in [0.05, 0.1) is 0 Å². The van der Waals surface area contributed by atoms with Crippen LogP contribution in [0.2, 0.25) is 0 Å². The zero-order valence-corrected chi connectivity index (χ0v) is 5.89. The molecule has 0 aromatic heterocycles. The van der Waals surface area contributed by atoms with E-state index in [1.165, 1.54) is 6.42 Å². The first-order chi connectivity index (χ1) is 4.41. The van der Waals surface area contributed by atoms with Gasteiger partial charge in [-0.05, 0) is 12.8 Å². The lowest BCUT2D eigenvalue weighted by Gasteiger charge is -1.82. The van der Waals surface area contributed by atoms with Crippen molar-refractivity contribution in [3.05, 3.63) is 12.2 Å². The Bertz CT molecular complexity index is 84.6. The maximum absolute atomic E-state index is 9.68. The monoisotopic (exact) mass is 125 g/mol. The fourth-order valence-electron chi connectivity index (χ4n) is 0.545. The van der Waals surface area contributed by atoms with Crippen molar-refractivity contribution < 1.29 is 4.79 Å². The quantitative estimate of drug-likeness (QED) is 0.407. The van der Waals surface area contributed by atoms with Gasteiger partial charge >= 0.3 is 0 Å². The van der Waals surface area contributed by atoms with Crippen LogP contribution in [0.15, 0.2) is 12.2 Å². The molecule has 0 spiro atoms. The SMILES string of the molecule is CCC/C=C/CC[C]=O. The molecule has 0 aliphatic carbocycles. The third-order valence-electron chi connectivity index (χ3n) is 1.04. The summed E-state index contributed by atoms with van der Waals surface area (Å²) in [5.74, 6) is 0. The highest BCUT2D eigenvalue weighted by Gasteiger charge is 1.77. The van der Waals surface area contributed by atoms with Crippen LogP contribution in [0, 0.1) is 0 Å². The van der Waals surface area contributed by atoms with Gasteiger partial charge < -0.3 is 0 Å². The van der Waals surface area contributed by atoms with E-state index in [4.69, 9.17) is 0 Å². The molecule has 0 saturated heterocycles. The van der Waals surface area contributed by atoms with Gasteiger partial charge in [-0.3, -0.25) is 4.79 Å². The van der Waals surface area contributed by atoms with Crippen molar-refractivity contribution in [1.29, 1.82) is 0 Å². The molecule has 0 aromatic rings. The standard InChI is InChI=1S/C8H13O/c1-2-3-4-5-6-7-8-9/h4-5H,2-3,6-7H2,1H3/b5-4+. The van der Waals surface area contributed by atoms with Crippen molar-refractivity contribution in [2.45, 2.75) is 32.6 Å². The van der Waals surface area contributed by atoms with Crippen molar-refractivity contribution in [3.63, 3.8) is 0 Å². The van der Waals surface area contributed by atoms with Crippen LogP contribution in [0.5, 0.6) is 0 Å². The lowest BCUT2D eigenvalue weighted by molar-refractivity contribution is 0.551. The maximum Gasteiger partial charge on any atom is 0.198 e. The van der Waals surface area contributed by atoms with Gasteiger partial charge in [0.1, 0.15) is 0 Å². The van der Waals surface area contributed by atoms with Gasteiger partial charge in [0.2, 0.25) is 0 Å². The summed E-state index contributed by atoms with van der Waals surface area (Å²) in [6.45, 7) is 2.14. The molecule has 0 aliphatic rings. The molecule has 0 amide bonds. The summed E-state index contributed by atoms with van der Waals surface area (Å²) in [7, 11) is 0. The first kappa shape index (κ1) is 8.41. The van der Waals surface area contributed by atoms with E-state index in [9.17, 15) is 4.79 Å². The number of carbonyl (C=O) groups excluding carboxylic acids is 1. The summed E-state index contributed by atoms with van der Waals surface area (Å²) in [5, 5.41) is 0. The van der Waals surface area contributed by atoms with E-state index >= 15 is 0 Å². The Morgan fingerprint density at radius 2 is 2.00 bits per heavy atom. The Hall–Kier alpha value is -0.590. The van der Waals surface area contributed by atoms with Crippen molar-refractivity contribution in [1.82, 2.24) is 0 Å². The smallest absolute Gasteiger partial charge is 0.198 e. The Balaban J connectivity index is 2.94. The number of unbranched alkanes of at least 4 members (excludes halogenated alkanes) is 2. The van der Waals surface area contributed by atoms with Gasteiger partial charge in [0.15, 0.2) is 6.29 Å². The molecule has 0 aliphatic heterocycles. The summed E-state index contributed by atoms with van der Waals surface area (Å²) in [5.41, 5.74) is 0.